The van der Waals surface area contributed by atoms with E-state index in [1.807, 2.05) is 18.2 Å². The average molecular weight is 106 g/mol. The van der Waals surface area contributed by atoms with Gasteiger partial charge in [0.25, 0.3) is 0 Å². The van der Waals surface area contributed by atoms with E-state index in [4.69, 9.17) is 5.73 Å². The van der Waals surface area contributed by atoms with Gasteiger partial charge in [-0.2, -0.15) is 0 Å². The molecule has 0 aromatic rings. The summed E-state index contributed by atoms with van der Waals surface area (Å²) >= 11 is 0. The molecule has 1 heteroatoms. The first-order valence-electron chi connectivity index (χ1n) is 2.58. The predicted octanol–water partition coefficient (Wildman–Crippen LogP) is 1.15. The third kappa shape index (κ3) is 0.997. The van der Waals surface area contributed by atoms with Crippen LogP contribution in [-0.2, 0) is 0 Å². The Balaban J connectivity index is 2.66. The highest BCUT2D eigenvalue weighted by atomic mass is 14.5. The highest BCUT2D eigenvalue weighted by Crippen LogP contribution is 2.06. The van der Waals surface area contributed by atoms with Crippen LogP contribution in [0.2, 0.25) is 0 Å². The van der Waals surface area contributed by atoms with E-state index in [1.165, 1.54) is 0 Å². The lowest BCUT2D eigenvalue weighted by Gasteiger charge is -1.96. The van der Waals surface area contributed by atoms with Gasteiger partial charge in [0.05, 0.1) is 0 Å². The van der Waals surface area contributed by atoms with Gasteiger partial charge in [-0.1, -0.05) is 12.2 Å². The largest absolute Gasteiger partial charge is 0.404 e. The van der Waals surface area contributed by atoms with Crippen molar-refractivity contribution in [2.45, 2.75) is 6.42 Å². The molecular formula is C7H8N. The van der Waals surface area contributed by atoms with Gasteiger partial charge in [-0.05, 0) is 30.3 Å². The van der Waals surface area contributed by atoms with Gasteiger partial charge in [0.2, 0.25) is 0 Å². The Morgan fingerprint density at radius 3 is 3.00 bits per heavy atom. The summed E-state index contributed by atoms with van der Waals surface area (Å²) < 4.78 is 0. The highest BCUT2D eigenvalue weighted by Gasteiger charge is 1.89. The Morgan fingerprint density at radius 2 is 2.62 bits per heavy atom. The molecule has 8 heavy (non-hydrogen) atoms. The van der Waals surface area contributed by atoms with Gasteiger partial charge in [-0.15, -0.1) is 0 Å². The summed E-state index contributed by atoms with van der Waals surface area (Å²) in [6.07, 6.45) is 11.3. The zero-order chi connectivity index (χ0) is 5.82. The van der Waals surface area contributed by atoms with Crippen molar-refractivity contribution in [3.63, 3.8) is 0 Å². The van der Waals surface area contributed by atoms with Crippen LogP contribution >= 0.6 is 0 Å². The Kier molecular flexibility index (Phi) is 1.52. The van der Waals surface area contributed by atoms with E-state index in [2.05, 4.69) is 6.08 Å². The highest BCUT2D eigenvalue weighted by molar-refractivity contribution is 5.25. The summed E-state index contributed by atoms with van der Waals surface area (Å²) in [6.45, 7) is 0. The SMILES string of the molecule is NC=C1C=[C]C=CC1. The van der Waals surface area contributed by atoms with E-state index in [9.17, 15) is 0 Å². The van der Waals surface area contributed by atoms with Crippen molar-refractivity contribution in [1.82, 2.24) is 0 Å². The molecule has 0 aromatic carbocycles. The van der Waals surface area contributed by atoms with Crippen molar-refractivity contribution in [2.24, 2.45) is 5.73 Å². The second kappa shape index (κ2) is 2.36. The summed E-state index contributed by atoms with van der Waals surface area (Å²) in [5.41, 5.74) is 6.37. The minimum atomic E-state index is 0.948. The van der Waals surface area contributed by atoms with Crippen LogP contribution in [0.15, 0.2) is 30.0 Å². The minimum Gasteiger partial charge on any atom is -0.404 e. The van der Waals surface area contributed by atoms with Crippen LogP contribution in [0.1, 0.15) is 6.42 Å². The van der Waals surface area contributed by atoms with Crippen molar-refractivity contribution in [3.8, 4) is 0 Å². The first kappa shape index (κ1) is 5.16. The average Bonchev–Trinajstić information content (AvgIpc) is 1.90. The van der Waals surface area contributed by atoms with Crippen LogP contribution in [0, 0.1) is 6.08 Å². The number of nitrogens with two attached hydrogens (primary N) is 1. The lowest BCUT2D eigenvalue weighted by molar-refractivity contribution is 1.23. The molecule has 0 heterocycles. The molecule has 2 N–H and O–H groups in total. The zero-order valence-corrected chi connectivity index (χ0v) is 4.59. The molecule has 0 fully saturated rings. The zero-order valence-electron chi connectivity index (χ0n) is 4.59. The predicted molar refractivity (Wildman–Crippen MR) is 33.8 cm³/mol. The van der Waals surface area contributed by atoms with Crippen molar-refractivity contribution in [1.29, 1.82) is 0 Å². The second-order valence-electron chi connectivity index (χ2n) is 1.66. The van der Waals surface area contributed by atoms with Gasteiger partial charge >= 0.3 is 0 Å². The third-order valence-corrected chi connectivity index (χ3v) is 1.05. The summed E-state index contributed by atoms with van der Waals surface area (Å²) in [5, 5.41) is 0. The van der Waals surface area contributed by atoms with E-state index < -0.39 is 0 Å². The van der Waals surface area contributed by atoms with Crippen molar-refractivity contribution in [2.75, 3.05) is 0 Å². The molecule has 0 spiro atoms. The van der Waals surface area contributed by atoms with E-state index in [0.29, 0.717) is 0 Å². The smallest absolute Gasteiger partial charge is 0.00263 e. The van der Waals surface area contributed by atoms with Gasteiger partial charge in [-0.3, -0.25) is 0 Å². The van der Waals surface area contributed by atoms with Crippen molar-refractivity contribution >= 4 is 0 Å². The van der Waals surface area contributed by atoms with Crippen LogP contribution in [0.3, 0.4) is 0 Å². The van der Waals surface area contributed by atoms with E-state index >= 15 is 0 Å². The fraction of sp³-hybridized carbons (Fsp3) is 0.143. The van der Waals surface area contributed by atoms with E-state index in [-0.39, 0.29) is 0 Å². The maximum atomic E-state index is 5.24. The summed E-state index contributed by atoms with van der Waals surface area (Å²) in [5.74, 6) is 0. The van der Waals surface area contributed by atoms with Gasteiger partial charge in [0, 0.05) is 0 Å². The van der Waals surface area contributed by atoms with Gasteiger partial charge in [0.15, 0.2) is 0 Å². The molecule has 0 saturated heterocycles. The van der Waals surface area contributed by atoms with Gasteiger partial charge in [0.1, 0.15) is 0 Å². The number of hydrogen-bond donors (Lipinski definition) is 1. The summed E-state index contributed by atoms with van der Waals surface area (Å²) in [4.78, 5) is 0. The maximum Gasteiger partial charge on any atom is -0.00263 e. The second-order valence-corrected chi connectivity index (χ2v) is 1.66. The van der Waals surface area contributed by atoms with Crippen molar-refractivity contribution < 1.29 is 0 Å². The monoisotopic (exact) mass is 106 g/mol. The van der Waals surface area contributed by atoms with Crippen molar-refractivity contribution in [3.05, 3.63) is 36.1 Å². The number of allylic oxidation sites excluding steroid dienone is 5. The molecule has 0 bridgehead atoms. The minimum absolute atomic E-state index is 0.948. The van der Waals surface area contributed by atoms with Gasteiger partial charge < -0.3 is 5.73 Å². The topological polar surface area (TPSA) is 26.0 Å². The molecular weight excluding hydrogens is 98.1 g/mol. The molecule has 0 aliphatic heterocycles. The van der Waals surface area contributed by atoms with Crippen LogP contribution < -0.4 is 5.73 Å². The fourth-order valence-electron chi connectivity index (χ4n) is 0.593. The number of rotatable bonds is 0. The molecule has 1 radical (unpaired) electrons. The fourth-order valence-corrected chi connectivity index (χ4v) is 0.593. The molecule has 1 aliphatic rings. The molecule has 41 valence electrons. The quantitative estimate of drug-likeness (QED) is 0.492. The maximum absolute atomic E-state index is 5.24. The van der Waals surface area contributed by atoms with E-state index in [1.54, 1.807) is 6.20 Å². The molecule has 1 nitrogen and oxygen atoms in total. The molecule has 1 rings (SSSR count). The first-order chi connectivity index (χ1) is 3.93. The lowest BCUT2D eigenvalue weighted by atomic mass is 10.1. The molecule has 0 saturated carbocycles. The normalized spacial score (nSPS) is 22.2. The van der Waals surface area contributed by atoms with Crippen LogP contribution in [0.5, 0.6) is 0 Å². The third-order valence-electron chi connectivity index (χ3n) is 1.05. The standard InChI is InChI=1S/C7H8N/c8-6-7-4-2-1-3-5-7/h1-2,5-6H,4,8H2. The molecule has 1 aliphatic carbocycles. The van der Waals surface area contributed by atoms with Crippen LogP contribution in [0.25, 0.3) is 0 Å². The van der Waals surface area contributed by atoms with Crippen LogP contribution in [-0.4, -0.2) is 0 Å². The Labute approximate surface area is 49.2 Å². The number of hydrogen-bond acceptors (Lipinski definition) is 1. The summed E-state index contributed by atoms with van der Waals surface area (Å²) in [6, 6.07) is 0. The Hall–Kier alpha value is -0.980. The van der Waals surface area contributed by atoms with Gasteiger partial charge in [-0.25, -0.2) is 0 Å². The van der Waals surface area contributed by atoms with E-state index in [0.717, 1.165) is 12.0 Å². The summed E-state index contributed by atoms with van der Waals surface area (Å²) in [7, 11) is 0. The molecule has 0 unspecified atom stereocenters. The Bertz CT molecular complexity index is 152. The first-order valence-corrected chi connectivity index (χ1v) is 2.58. The Morgan fingerprint density at radius 1 is 1.75 bits per heavy atom. The molecule has 0 atom stereocenters. The van der Waals surface area contributed by atoms with Crippen LogP contribution in [0.4, 0.5) is 0 Å². The lowest BCUT2D eigenvalue weighted by Crippen LogP contribution is -1.86. The molecule has 0 aromatic heterocycles. The molecule has 0 amide bonds.